The third kappa shape index (κ3) is 7.13. The van der Waals surface area contributed by atoms with E-state index in [1.165, 1.54) is 23.1 Å². The molecule has 0 radical (unpaired) electrons. The van der Waals surface area contributed by atoms with E-state index in [0.717, 1.165) is 68.9 Å². The summed E-state index contributed by atoms with van der Waals surface area (Å²) in [5.74, 6) is 1.36. The summed E-state index contributed by atoms with van der Waals surface area (Å²) in [5, 5.41) is 3.63. The maximum absolute atomic E-state index is 13.5. The van der Waals surface area contributed by atoms with Crippen LogP contribution in [0.25, 0.3) is 0 Å². The summed E-state index contributed by atoms with van der Waals surface area (Å²) in [7, 11) is 2.08. The van der Waals surface area contributed by atoms with Crippen LogP contribution in [0.3, 0.4) is 0 Å². The molecule has 4 rings (SSSR count). The van der Waals surface area contributed by atoms with Gasteiger partial charge in [0, 0.05) is 58.3 Å². The molecule has 0 aromatic carbocycles. The highest BCUT2D eigenvalue weighted by Crippen LogP contribution is 2.33. The zero-order chi connectivity index (χ0) is 25.7. The Morgan fingerprint density at radius 3 is 2.28 bits per heavy atom. The van der Waals surface area contributed by atoms with Crippen LogP contribution in [-0.2, 0) is 9.59 Å². The lowest BCUT2D eigenvalue weighted by Gasteiger charge is -2.44. The molecule has 3 aliphatic rings. The normalized spacial score (nSPS) is 24.0. The molecule has 0 bridgehead atoms. The van der Waals surface area contributed by atoms with E-state index in [9.17, 15) is 14.4 Å². The molecule has 200 valence electrons. The topological polar surface area (TPSA) is 89.1 Å². The Balaban J connectivity index is 1.34. The van der Waals surface area contributed by atoms with Crippen molar-refractivity contribution in [1.29, 1.82) is 0 Å². The summed E-state index contributed by atoms with van der Waals surface area (Å²) in [6, 6.07) is 0.273. The lowest BCUT2D eigenvalue weighted by molar-refractivity contribution is -0.131. The minimum atomic E-state index is -0.0877. The number of piperazine rings is 1. The third-order valence-corrected chi connectivity index (χ3v) is 9.90. The van der Waals surface area contributed by atoms with Crippen molar-refractivity contribution in [3.05, 3.63) is 6.20 Å². The second-order valence-electron chi connectivity index (χ2n) is 10.4. The molecular formula is C25H40N6O3S2. The van der Waals surface area contributed by atoms with Gasteiger partial charge in [0.1, 0.15) is 0 Å². The van der Waals surface area contributed by atoms with Gasteiger partial charge in [0.2, 0.25) is 11.8 Å². The first-order chi connectivity index (χ1) is 17.3. The van der Waals surface area contributed by atoms with Crippen molar-refractivity contribution in [1.82, 2.24) is 24.6 Å². The molecule has 36 heavy (non-hydrogen) atoms. The van der Waals surface area contributed by atoms with E-state index >= 15 is 0 Å². The Morgan fingerprint density at radius 1 is 1.00 bits per heavy atom. The standard InChI is InChI=1S/C25H40N6O3S2/c1-18-4-6-20(7-5-18)31(21-8-10-29(11-9-21)19(2)32)25(34)27-24-26-16-23(36-24)35-17-22(33)30-14-12-28(3)13-15-30/h16,18,20-21H,4-15,17H2,1-3H3,(H,26,27,34). The molecule has 0 spiro atoms. The van der Waals surface area contributed by atoms with Gasteiger partial charge in [-0.15, -0.1) is 11.8 Å². The van der Waals surface area contributed by atoms with Crippen molar-refractivity contribution >= 4 is 46.1 Å². The number of rotatable bonds is 6. The van der Waals surface area contributed by atoms with Gasteiger partial charge in [-0.25, -0.2) is 9.78 Å². The molecule has 1 N–H and O–H groups in total. The fourth-order valence-corrected chi connectivity index (χ4v) is 7.19. The minimum absolute atomic E-state index is 0.0877. The largest absolute Gasteiger partial charge is 0.343 e. The number of thiazole rings is 1. The van der Waals surface area contributed by atoms with Gasteiger partial charge >= 0.3 is 6.03 Å². The monoisotopic (exact) mass is 536 g/mol. The zero-order valence-corrected chi connectivity index (χ0v) is 23.4. The number of likely N-dealkylation sites (tertiary alicyclic amines) is 1. The van der Waals surface area contributed by atoms with Crippen molar-refractivity contribution < 1.29 is 14.4 Å². The molecule has 1 saturated carbocycles. The Morgan fingerprint density at radius 2 is 1.64 bits per heavy atom. The number of carbonyl (C=O) groups is 3. The van der Waals surface area contributed by atoms with E-state index in [1.54, 1.807) is 13.1 Å². The van der Waals surface area contributed by atoms with E-state index in [1.807, 2.05) is 9.80 Å². The minimum Gasteiger partial charge on any atom is -0.343 e. The van der Waals surface area contributed by atoms with Crippen LogP contribution in [0, 0.1) is 5.92 Å². The van der Waals surface area contributed by atoms with Crippen LogP contribution in [0.5, 0.6) is 0 Å². The van der Waals surface area contributed by atoms with Gasteiger partial charge < -0.3 is 19.6 Å². The summed E-state index contributed by atoms with van der Waals surface area (Å²) in [4.78, 5) is 50.4. The maximum atomic E-state index is 13.5. The third-order valence-electron chi connectivity index (χ3n) is 7.81. The van der Waals surface area contributed by atoms with Crippen molar-refractivity contribution in [2.75, 3.05) is 57.4 Å². The number of hydrogen-bond donors (Lipinski definition) is 1. The zero-order valence-electron chi connectivity index (χ0n) is 21.8. The number of carbonyl (C=O) groups excluding carboxylic acids is 3. The fourth-order valence-electron chi connectivity index (χ4n) is 5.43. The molecule has 9 nitrogen and oxygen atoms in total. The average Bonchev–Trinajstić information content (AvgIpc) is 3.32. The molecule has 2 saturated heterocycles. The summed E-state index contributed by atoms with van der Waals surface area (Å²) >= 11 is 2.91. The summed E-state index contributed by atoms with van der Waals surface area (Å²) in [5.41, 5.74) is 0. The van der Waals surface area contributed by atoms with Crippen molar-refractivity contribution in [3.63, 3.8) is 0 Å². The molecule has 1 aromatic heterocycles. The number of nitrogens with zero attached hydrogens (tertiary/aromatic N) is 5. The molecule has 1 aliphatic carbocycles. The molecular weight excluding hydrogens is 496 g/mol. The van der Waals surface area contributed by atoms with E-state index in [0.29, 0.717) is 29.9 Å². The van der Waals surface area contributed by atoms with Gasteiger partial charge in [-0.3, -0.25) is 14.9 Å². The average molecular weight is 537 g/mol. The predicted molar refractivity (Wildman–Crippen MR) is 144 cm³/mol. The molecule has 3 fully saturated rings. The number of nitrogens with one attached hydrogen (secondary N) is 1. The van der Waals surface area contributed by atoms with Gasteiger partial charge in [0.15, 0.2) is 5.13 Å². The number of hydrogen-bond acceptors (Lipinski definition) is 7. The van der Waals surface area contributed by atoms with E-state index in [4.69, 9.17) is 0 Å². The summed E-state index contributed by atoms with van der Waals surface area (Å²) in [6.07, 6.45) is 7.70. The molecule has 2 aliphatic heterocycles. The SMILES string of the molecule is CC(=O)N1CCC(N(C(=O)Nc2ncc(SCC(=O)N3CCN(C)CC3)s2)C2CCC(C)CC2)CC1. The quantitative estimate of drug-likeness (QED) is 0.561. The Hall–Kier alpha value is -1.85. The maximum Gasteiger partial charge on any atom is 0.324 e. The second-order valence-corrected chi connectivity index (χ2v) is 12.8. The highest BCUT2D eigenvalue weighted by molar-refractivity contribution is 8.01. The van der Waals surface area contributed by atoms with Crippen molar-refractivity contribution in [2.45, 2.75) is 68.7 Å². The van der Waals surface area contributed by atoms with Gasteiger partial charge in [0.25, 0.3) is 0 Å². The number of likely N-dealkylation sites (N-methyl/N-ethyl adjacent to an activating group) is 1. The number of aromatic nitrogens is 1. The first-order valence-corrected chi connectivity index (χ1v) is 15.0. The fraction of sp³-hybridized carbons (Fsp3) is 0.760. The van der Waals surface area contributed by atoms with Crippen LogP contribution in [-0.4, -0.2) is 107 Å². The van der Waals surface area contributed by atoms with Crippen LogP contribution in [0.4, 0.5) is 9.93 Å². The molecule has 0 unspecified atom stereocenters. The van der Waals surface area contributed by atoms with Crippen molar-refractivity contribution in [3.8, 4) is 0 Å². The molecule has 3 heterocycles. The number of anilines is 1. The molecule has 0 atom stereocenters. The van der Waals surface area contributed by atoms with E-state index in [2.05, 4.69) is 34.1 Å². The Labute approximate surface area is 222 Å². The van der Waals surface area contributed by atoms with E-state index in [-0.39, 0.29) is 29.9 Å². The number of amides is 4. The number of urea groups is 1. The van der Waals surface area contributed by atoms with E-state index < -0.39 is 0 Å². The van der Waals surface area contributed by atoms with Gasteiger partial charge in [-0.2, -0.15) is 0 Å². The highest BCUT2D eigenvalue weighted by atomic mass is 32.2. The molecule has 1 aromatic rings. The van der Waals surface area contributed by atoms with Crippen molar-refractivity contribution in [2.24, 2.45) is 5.92 Å². The van der Waals surface area contributed by atoms with Crippen LogP contribution < -0.4 is 5.32 Å². The van der Waals surface area contributed by atoms with Gasteiger partial charge in [-0.05, 0) is 51.5 Å². The predicted octanol–water partition coefficient (Wildman–Crippen LogP) is 3.43. The smallest absolute Gasteiger partial charge is 0.324 e. The summed E-state index contributed by atoms with van der Waals surface area (Å²) in [6.45, 7) is 8.69. The Bertz CT molecular complexity index is 903. The first kappa shape index (κ1) is 27.2. The Kier molecular flexibility index (Phi) is 9.52. The van der Waals surface area contributed by atoms with Crippen LogP contribution >= 0.6 is 23.1 Å². The lowest BCUT2D eigenvalue weighted by atomic mass is 9.85. The van der Waals surface area contributed by atoms with Crippen LogP contribution in [0.2, 0.25) is 0 Å². The second kappa shape index (κ2) is 12.6. The van der Waals surface area contributed by atoms with Crippen LogP contribution in [0.15, 0.2) is 10.4 Å². The molecule has 11 heteroatoms. The van der Waals surface area contributed by atoms with Gasteiger partial charge in [-0.1, -0.05) is 18.3 Å². The lowest BCUT2D eigenvalue weighted by Crippen LogP contribution is -2.54. The number of thioether (sulfide) groups is 1. The number of piperidine rings is 1. The highest BCUT2D eigenvalue weighted by Gasteiger charge is 2.35. The summed E-state index contributed by atoms with van der Waals surface area (Å²) < 4.78 is 0.931. The van der Waals surface area contributed by atoms with Crippen LogP contribution in [0.1, 0.15) is 52.4 Å². The van der Waals surface area contributed by atoms with Gasteiger partial charge in [0.05, 0.1) is 16.2 Å². The molecule has 4 amide bonds. The first-order valence-electron chi connectivity index (χ1n) is 13.2.